The van der Waals surface area contributed by atoms with Crippen molar-refractivity contribution in [1.29, 1.82) is 0 Å². The molecule has 0 aromatic heterocycles. The molecule has 0 amide bonds. The number of aliphatic carboxylic acids is 1. The molecular weight excluding hydrogens is 290 g/mol. The molecule has 0 spiro atoms. The van der Waals surface area contributed by atoms with Crippen LogP contribution in [0.25, 0.3) is 6.08 Å². The number of nitrogens with zero attached hydrogens (tertiary/aromatic N) is 1. The van der Waals surface area contributed by atoms with Crippen LogP contribution in [0.1, 0.15) is 5.56 Å². The molecule has 0 saturated carbocycles. The Morgan fingerprint density at radius 3 is 2.10 bits per heavy atom. The molecule has 6 heteroatoms. The summed E-state index contributed by atoms with van der Waals surface area (Å²) in [6, 6.07) is 5.98. The third kappa shape index (κ3) is 4.70. The fourth-order valence-corrected chi connectivity index (χ4v) is 3.01. The van der Waals surface area contributed by atoms with Gasteiger partial charge in [-0.15, -0.1) is 13.2 Å². The van der Waals surface area contributed by atoms with Crippen molar-refractivity contribution >= 4 is 22.1 Å². The van der Waals surface area contributed by atoms with Crippen molar-refractivity contribution in [3.63, 3.8) is 0 Å². The summed E-state index contributed by atoms with van der Waals surface area (Å²) in [6.45, 7) is 7.46. The van der Waals surface area contributed by atoms with Crippen LogP contribution >= 0.6 is 0 Å². The number of sulfonamides is 1. The van der Waals surface area contributed by atoms with Gasteiger partial charge < -0.3 is 5.11 Å². The van der Waals surface area contributed by atoms with Crippen LogP contribution in [0.2, 0.25) is 0 Å². The van der Waals surface area contributed by atoms with Crippen molar-refractivity contribution in [2.24, 2.45) is 0 Å². The van der Waals surface area contributed by atoms with Gasteiger partial charge in [0.1, 0.15) is 0 Å². The van der Waals surface area contributed by atoms with E-state index in [2.05, 4.69) is 13.2 Å². The Kier molecular flexibility index (Phi) is 6.08. The molecule has 1 aromatic carbocycles. The van der Waals surface area contributed by atoms with Gasteiger partial charge in [0, 0.05) is 19.2 Å². The van der Waals surface area contributed by atoms with E-state index in [0.717, 1.165) is 6.08 Å². The first-order chi connectivity index (χ1) is 9.91. The molecular formula is C15H17NO4S. The van der Waals surface area contributed by atoms with E-state index in [-0.39, 0.29) is 18.0 Å². The van der Waals surface area contributed by atoms with Crippen molar-refractivity contribution in [2.45, 2.75) is 4.90 Å². The van der Waals surface area contributed by atoms with Gasteiger partial charge in [0.2, 0.25) is 10.0 Å². The van der Waals surface area contributed by atoms with Crippen molar-refractivity contribution in [3.8, 4) is 0 Å². The molecule has 0 aliphatic heterocycles. The summed E-state index contributed by atoms with van der Waals surface area (Å²) in [6.07, 6.45) is 5.39. The van der Waals surface area contributed by atoms with Gasteiger partial charge in [-0.2, -0.15) is 4.31 Å². The van der Waals surface area contributed by atoms with Crippen molar-refractivity contribution in [1.82, 2.24) is 4.31 Å². The summed E-state index contributed by atoms with van der Waals surface area (Å²) in [5, 5.41) is 8.54. The first-order valence-electron chi connectivity index (χ1n) is 6.15. The number of hydrogen-bond acceptors (Lipinski definition) is 3. The fraction of sp³-hybridized carbons (Fsp3) is 0.133. The molecule has 1 aromatic rings. The summed E-state index contributed by atoms with van der Waals surface area (Å²) in [5.41, 5.74) is 0.607. The van der Waals surface area contributed by atoms with Crippen LogP contribution in [0, 0.1) is 0 Å². The molecule has 0 unspecified atom stereocenters. The minimum Gasteiger partial charge on any atom is -0.478 e. The number of benzene rings is 1. The number of carbonyl (C=O) groups is 1. The highest BCUT2D eigenvalue weighted by molar-refractivity contribution is 7.89. The maximum absolute atomic E-state index is 12.4. The Balaban J connectivity index is 3.05. The van der Waals surface area contributed by atoms with Gasteiger partial charge >= 0.3 is 5.97 Å². The third-order valence-electron chi connectivity index (χ3n) is 2.60. The highest BCUT2D eigenvalue weighted by atomic mass is 32.2. The topological polar surface area (TPSA) is 74.7 Å². The summed E-state index contributed by atoms with van der Waals surface area (Å²) in [4.78, 5) is 10.6. The Labute approximate surface area is 124 Å². The van der Waals surface area contributed by atoms with Crippen LogP contribution < -0.4 is 0 Å². The second-order valence-corrected chi connectivity index (χ2v) is 6.08. The van der Waals surface area contributed by atoms with Crippen LogP contribution in [0.5, 0.6) is 0 Å². The molecule has 0 radical (unpaired) electrons. The van der Waals surface area contributed by atoms with E-state index >= 15 is 0 Å². The minimum absolute atomic E-state index is 0.138. The van der Waals surface area contributed by atoms with E-state index in [0.29, 0.717) is 5.56 Å². The molecule has 5 nitrogen and oxygen atoms in total. The van der Waals surface area contributed by atoms with Crippen LogP contribution in [0.4, 0.5) is 0 Å². The van der Waals surface area contributed by atoms with E-state index in [1.54, 1.807) is 12.1 Å². The summed E-state index contributed by atoms with van der Waals surface area (Å²) in [7, 11) is -3.62. The molecule has 0 bridgehead atoms. The Morgan fingerprint density at radius 2 is 1.67 bits per heavy atom. The molecule has 0 aliphatic rings. The highest BCUT2D eigenvalue weighted by Crippen LogP contribution is 2.17. The van der Waals surface area contributed by atoms with Crippen molar-refractivity contribution in [3.05, 3.63) is 61.2 Å². The second kappa shape index (κ2) is 7.56. The number of carboxylic acids is 1. The smallest absolute Gasteiger partial charge is 0.328 e. The minimum atomic E-state index is -3.62. The molecule has 0 fully saturated rings. The lowest BCUT2D eigenvalue weighted by atomic mass is 10.2. The SMILES string of the molecule is C=CCN(CC=C)S(=O)(=O)c1ccc(/C=C/C(=O)O)cc1. The first-order valence-corrected chi connectivity index (χ1v) is 7.59. The highest BCUT2D eigenvalue weighted by Gasteiger charge is 2.21. The van der Waals surface area contributed by atoms with Gasteiger partial charge in [0.15, 0.2) is 0 Å². The lowest BCUT2D eigenvalue weighted by Gasteiger charge is -2.19. The van der Waals surface area contributed by atoms with Gasteiger partial charge in [-0.05, 0) is 23.8 Å². The van der Waals surface area contributed by atoms with Crippen LogP contribution in [0.3, 0.4) is 0 Å². The van der Waals surface area contributed by atoms with Gasteiger partial charge in [-0.3, -0.25) is 0 Å². The third-order valence-corrected chi connectivity index (χ3v) is 4.45. The van der Waals surface area contributed by atoms with E-state index in [9.17, 15) is 13.2 Å². The lowest BCUT2D eigenvalue weighted by Crippen LogP contribution is -2.31. The molecule has 0 saturated heterocycles. The predicted octanol–water partition coefficient (Wildman–Crippen LogP) is 2.15. The summed E-state index contributed by atoms with van der Waals surface area (Å²) < 4.78 is 26.1. The van der Waals surface area contributed by atoms with E-state index < -0.39 is 16.0 Å². The molecule has 0 atom stereocenters. The zero-order valence-corrected chi connectivity index (χ0v) is 12.3. The van der Waals surface area contributed by atoms with Crippen molar-refractivity contribution < 1.29 is 18.3 Å². The summed E-state index contributed by atoms with van der Waals surface area (Å²) >= 11 is 0. The average Bonchev–Trinajstić information content (AvgIpc) is 2.45. The monoisotopic (exact) mass is 307 g/mol. The van der Waals surface area contributed by atoms with Gasteiger partial charge in [-0.1, -0.05) is 24.3 Å². The van der Waals surface area contributed by atoms with Crippen LogP contribution in [-0.4, -0.2) is 36.9 Å². The largest absolute Gasteiger partial charge is 0.478 e. The summed E-state index contributed by atoms with van der Waals surface area (Å²) in [5.74, 6) is -1.06. The van der Waals surface area contributed by atoms with Crippen LogP contribution in [0.15, 0.2) is 60.5 Å². The average molecular weight is 307 g/mol. The fourth-order valence-electron chi connectivity index (χ4n) is 1.63. The van der Waals surface area contributed by atoms with Gasteiger partial charge in [0.25, 0.3) is 0 Å². The quantitative estimate of drug-likeness (QED) is 0.590. The Morgan fingerprint density at radius 1 is 1.14 bits per heavy atom. The zero-order chi connectivity index (χ0) is 15.9. The maximum atomic E-state index is 12.4. The molecule has 0 aliphatic carbocycles. The van der Waals surface area contributed by atoms with Gasteiger partial charge in [0.05, 0.1) is 4.90 Å². The normalized spacial score (nSPS) is 11.7. The number of hydrogen-bond donors (Lipinski definition) is 1. The molecule has 1 N–H and O–H groups in total. The van der Waals surface area contributed by atoms with Crippen molar-refractivity contribution in [2.75, 3.05) is 13.1 Å². The first kappa shape index (κ1) is 16.9. The lowest BCUT2D eigenvalue weighted by molar-refractivity contribution is -0.131. The van der Waals surface area contributed by atoms with E-state index in [1.807, 2.05) is 0 Å². The second-order valence-electron chi connectivity index (χ2n) is 4.14. The van der Waals surface area contributed by atoms with E-state index in [1.165, 1.54) is 34.7 Å². The predicted molar refractivity (Wildman–Crippen MR) is 82.3 cm³/mol. The zero-order valence-electron chi connectivity index (χ0n) is 11.5. The molecule has 1 rings (SSSR count). The van der Waals surface area contributed by atoms with Crippen LogP contribution in [-0.2, 0) is 14.8 Å². The molecule has 0 heterocycles. The van der Waals surface area contributed by atoms with E-state index in [4.69, 9.17) is 5.11 Å². The maximum Gasteiger partial charge on any atom is 0.328 e. The Bertz CT molecular complexity index is 635. The molecule has 21 heavy (non-hydrogen) atoms. The molecule has 112 valence electrons. The number of carboxylic acid groups (broad SMARTS) is 1. The number of rotatable bonds is 8. The standard InChI is InChI=1S/C15H17NO4S/c1-3-11-16(12-4-2)21(19,20)14-8-5-13(6-9-14)7-10-15(17)18/h3-10H,1-2,11-12H2,(H,17,18)/b10-7+. The Hall–Kier alpha value is -2.18. The van der Waals surface area contributed by atoms with Gasteiger partial charge in [-0.25, -0.2) is 13.2 Å².